The van der Waals surface area contributed by atoms with E-state index in [9.17, 15) is 25.2 Å². The second-order valence-electron chi connectivity index (χ2n) is 5.57. The molecule has 3 heterocycles. The molecule has 3 saturated heterocycles. The van der Waals surface area contributed by atoms with Crippen LogP contribution in [0, 0.1) is 0 Å². The van der Waals surface area contributed by atoms with E-state index in [2.05, 4.69) is 0 Å². The van der Waals surface area contributed by atoms with Crippen molar-refractivity contribution in [3.8, 4) is 0 Å². The molecule has 126 valence electrons. The molecule has 0 radical (unpaired) electrons. The van der Waals surface area contributed by atoms with Gasteiger partial charge in [0.2, 0.25) is 0 Å². The van der Waals surface area contributed by atoms with E-state index in [-0.39, 0.29) is 13.2 Å². The van der Waals surface area contributed by atoms with Crippen LogP contribution in [0.4, 0.5) is 0 Å². The third-order valence-electron chi connectivity index (χ3n) is 4.10. The Morgan fingerprint density at radius 1 is 0.955 bits per heavy atom. The molecular weight excluding hydrogens is 304 g/mol. The number of aliphatic hydroxyl groups excluding tert-OH is 4. The maximum Gasteiger partial charge on any atom is 0.335 e. The number of aliphatic hydroxyl groups is 4. The number of aliphatic carboxylic acids is 1. The Labute approximate surface area is 124 Å². The van der Waals surface area contributed by atoms with Gasteiger partial charge in [-0.05, 0) is 0 Å². The van der Waals surface area contributed by atoms with Crippen LogP contribution in [0.5, 0.6) is 0 Å². The largest absolute Gasteiger partial charge is 0.479 e. The van der Waals surface area contributed by atoms with Crippen LogP contribution in [0.3, 0.4) is 0 Å². The number of ether oxygens (including phenoxy) is 4. The van der Waals surface area contributed by atoms with Crippen molar-refractivity contribution < 1.29 is 49.3 Å². The minimum atomic E-state index is -1.77. The molecule has 0 unspecified atom stereocenters. The molecule has 3 aliphatic heterocycles. The van der Waals surface area contributed by atoms with Crippen molar-refractivity contribution in [2.24, 2.45) is 0 Å². The molecule has 0 saturated carbocycles. The summed E-state index contributed by atoms with van der Waals surface area (Å²) in [4.78, 5) is 11.0. The number of fused-ring (bicyclic) bond motifs is 1. The van der Waals surface area contributed by atoms with E-state index >= 15 is 0 Å². The first-order chi connectivity index (χ1) is 10.4. The summed E-state index contributed by atoms with van der Waals surface area (Å²) in [6.45, 7) is 0.151. The monoisotopic (exact) mass is 322 g/mol. The molecule has 3 rings (SSSR count). The van der Waals surface area contributed by atoms with E-state index in [1.54, 1.807) is 0 Å². The number of carbonyl (C=O) groups is 1. The Bertz CT molecular complexity index is 430. The van der Waals surface area contributed by atoms with Crippen LogP contribution in [0.2, 0.25) is 0 Å². The molecule has 0 bridgehead atoms. The lowest BCUT2D eigenvalue weighted by Gasteiger charge is -2.39. The third-order valence-corrected chi connectivity index (χ3v) is 4.10. The summed E-state index contributed by atoms with van der Waals surface area (Å²) in [5.74, 6) is -1.49. The van der Waals surface area contributed by atoms with Gasteiger partial charge in [-0.3, -0.25) is 0 Å². The van der Waals surface area contributed by atoms with Crippen LogP contribution in [0.1, 0.15) is 0 Å². The highest BCUT2D eigenvalue weighted by molar-refractivity contribution is 5.73. The van der Waals surface area contributed by atoms with Gasteiger partial charge in [0, 0.05) is 0 Å². The quantitative estimate of drug-likeness (QED) is 0.352. The minimum absolute atomic E-state index is 0.0648. The summed E-state index contributed by atoms with van der Waals surface area (Å²) in [6.07, 6.45) is -10.9. The van der Waals surface area contributed by atoms with Crippen LogP contribution in [-0.4, -0.2) is 99.8 Å². The van der Waals surface area contributed by atoms with Crippen molar-refractivity contribution in [3.63, 3.8) is 0 Å². The van der Waals surface area contributed by atoms with E-state index in [0.29, 0.717) is 0 Å². The Morgan fingerprint density at radius 3 is 2.32 bits per heavy atom. The Hall–Kier alpha value is -0.850. The molecule has 10 nitrogen and oxygen atoms in total. The van der Waals surface area contributed by atoms with Crippen LogP contribution in [-0.2, 0) is 23.7 Å². The molecule has 0 aromatic heterocycles. The fraction of sp³-hybridized carbons (Fsp3) is 0.917. The fourth-order valence-electron chi connectivity index (χ4n) is 2.90. The van der Waals surface area contributed by atoms with E-state index in [4.69, 9.17) is 24.1 Å². The van der Waals surface area contributed by atoms with Crippen LogP contribution < -0.4 is 0 Å². The lowest BCUT2D eigenvalue weighted by Crippen LogP contribution is -2.61. The SMILES string of the molecule is O=C(O)[C@H]1O[C@@H](O[C@@H]2CO[C@H]3[C@@H]2OC[C@@H]3O)[C@H](O)[C@@H](O)[C@@H]1O. The zero-order valence-corrected chi connectivity index (χ0v) is 11.4. The summed E-state index contributed by atoms with van der Waals surface area (Å²) in [5.41, 5.74) is 0. The van der Waals surface area contributed by atoms with Crippen molar-refractivity contribution in [3.05, 3.63) is 0 Å². The maximum absolute atomic E-state index is 11.0. The highest BCUT2D eigenvalue weighted by Crippen LogP contribution is 2.31. The number of rotatable bonds is 3. The lowest BCUT2D eigenvalue weighted by molar-refractivity contribution is -0.308. The average molecular weight is 322 g/mol. The van der Waals surface area contributed by atoms with Crippen molar-refractivity contribution in [1.29, 1.82) is 0 Å². The van der Waals surface area contributed by atoms with Crippen molar-refractivity contribution in [2.75, 3.05) is 13.2 Å². The van der Waals surface area contributed by atoms with Crippen LogP contribution in [0.25, 0.3) is 0 Å². The molecule has 5 N–H and O–H groups in total. The second-order valence-corrected chi connectivity index (χ2v) is 5.57. The third kappa shape index (κ3) is 2.61. The van der Waals surface area contributed by atoms with Crippen LogP contribution >= 0.6 is 0 Å². The molecule has 9 atom stereocenters. The summed E-state index contributed by atoms with van der Waals surface area (Å²) in [6, 6.07) is 0. The van der Waals surface area contributed by atoms with Crippen molar-refractivity contribution in [2.45, 2.75) is 55.1 Å². The topological polar surface area (TPSA) is 155 Å². The van der Waals surface area contributed by atoms with Gasteiger partial charge >= 0.3 is 5.97 Å². The first-order valence-corrected chi connectivity index (χ1v) is 6.89. The van der Waals surface area contributed by atoms with Gasteiger partial charge in [0.15, 0.2) is 12.4 Å². The van der Waals surface area contributed by atoms with Gasteiger partial charge in [-0.25, -0.2) is 4.79 Å². The van der Waals surface area contributed by atoms with E-state index in [1.807, 2.05) is 0 Å². The van der Waals surface area contributed by atoms with Gasteiger partial charge in [0.25, 0.3) is 0 Å². The molecular formula is C12H18O10. The first-order valence-electron chi connectivity index (χ1n) is 6.89. The summed E-state index contributed by atoms with van der Waals surface area (Å²) < 4.78 is 21.2. The minimum Gasteiger partial charge on any atom is -0.479 e. The summed E-state index contributed by atoms with van der Waals surface area (Å²) >= 11 is 0. The first kappa shape index (κ1) is 16.0. The van der Waals surface area contributed by atoms with Gasteiger partial charge in [-0.2, -0.15) is 0 Å². The fourth-order valence-corrected chi connectivity index (χ4v) is 2.90. The molecule has 22 heavy (non-hydrogen) atoms. The smallest absolute Gasteiger partial charge is 0.335 e. The molecule has 3 aliphatic rings. The van der Waals surface area contributed by atoms with Gasteiger partial charge in [-0.1, -0.05) is 0 Å². The van der Waals surface area contributed by atoms with E-state index < -0.39 is 61.1 Å². The molecule has 0 amide bonds. The zero-order chi connectivity index (χ0) is 16.0. The van der Waals surface area contributed by atoms with E-state index in [0.717, 1.165) is 0 Å². The number of hydrogen-bond donors (Lipinski definition) is 5. The van der Waals surface area contributed by atoms with Gasteiger partial charge in [0.05, 0.1) is 13.2 Å². The van der Waals surface area contributed by atoms with Gasteiger partial charge in [0.1, 0.15) is 42.7 Å². The maximum atomic E-state index is 11.0. The molecule has 0 aromatic carbocycles. The zero-order valence-electron chi connectivity index (χ0n) is 11.4. The Morgan fingerprint density at radius 2 is 1.64 bits per heavy atom. The standard InChI is InChI=1S/C12H18O10/c13-3-1-19-9-4(2-20-8(3)9)21-12-7(16)5(14)6(15)10(22-12)11(17)18/h3-10,12-16H,1-2H2,(H,17,18)/t3-,4+,5-,6-,7+,8+,9+,10-,12+/m0/s1. The number of carboxylic acid groups (broad SMARTS) is 1. The molecule has 0 spiro atoms. The normalized spacial score (nSPS) is 51.7. The molecule has 10 heteroatoms. The Kier molecular flexibility index (Phi) is 4.36. The lowest BCUT2D eigenvalue weighted by atomic mass is 9.99. The average Bonchev–Trinajstić information content (AvgIpc) is 3.03. The highest BCUT2D eigenvalue weighted by atomic mass is 16.7. The van der Waals surface area contributed by atoms with Crippen molar-refractivity contribution in [1.82, 2.24) is 0 Å². The summed E-state index contributed by atoms with van der Waals surface area (Å²) in [7, 11) is 0. The van der Waals surface area contributed by atoms with Gasteiger partial charge in [-0.15, -0.1) is 0 Å². The molecule has 0 aromatic rings. The number of hydrogen-bond acceptors (Lipinski definition) is 9. The number of carboxylic acids is 1. The van der Waals surface area contributed by atoms with Crippen molar-refractivity contribution >= 4 is 5.97 Å². The highest BCUT2D eigenvalue weighted by Gasteiger charge is 2.52. The van der Waals surface area contributed by atoms with Gasteiger partial charge < -0.3 is 44.5 Å². The van der Waals surface area contributed by atoms with E-state index in [1.165, 1.54) is 0 Å². The Balaban J connectivity index is 1.67. The molecule has 3 fully saturated rings. The predicted octanol–water partition coefficient (Wildman–Crippen LogP) is -3.58. The van der Waals surface area contributed by atoms with Crippen LogP contribution in [0.15, 0.2) is 0 Å². The second kappa shape index (κ2) is 5.98. The predicted molar refractivity (Wildman–Crippen MR) is 64.7 cm³/mol. The molecule has 0 aliphatic carbocycles. The summed E-state index contributed by atoms with van der Waals surface area (Å²) in [5, 5.41) is 47.8.